The van der Waals surface area contributed by atoms with Crippen molar-refractivity contribution in [1.82, 2.24) is 15.0 Å². The van der Waals surface area contributed by atoms with Crippen molar-refractivity contribution >= 4 is 28.8 Å². The molecule has 0 saturated carbocycles. The Hall–Kier alpha value is -1.20. The van der Waals surface area contributed by atoms with Gasteiger partial charge in [-0.1, -0.05) is 18.5 Å². The summed E-state index contributed by atoms with van der Waals surface area (Å²) in [5, 5.41) is 6.61. The summed E-state index contributed by atoms with van der Waals surface area (Å²) in [5.74, 6) is 1.49. The summed E-state index contributed by atoms with van der Waals surface area (Å²) in [6.07, 6.45) is 2.55. The van der Waals surface area contributed by atoms with Crippen LogP contribution in [0.5, 0.6) is 0 Å². The van der Waals surface area contributed by atoms with Crippen LogP contribution in [0, 0.1) is 0 Å². The Balaban J connectivity index is 2.06. The highest BCUT2D eigenvalue weighted by molar-refractivity contribution is 7.09. The second kappa shape index (κ2) is 5.23. The molecular formula is C10H11ClN4S. The molecule has 0 aliphatic heterocycles. The summed E-state index contributed by atoms with van der Waals surface area (Å²) in [6.45, 7) is 2.66. The van der Waals surface area contributed by atoms with Crippen LogP contribution in [0.25, 0.3) is 0 Å². The van der Waals surface area contributed by atoms with Crippen molar-refractivity contribution < 1.29 is 0 Å². The van der Waals surface area contributed by atoms with Gasteiger partial charge in [-0.2, -0.15) is 0 Å². The van der Waals surface area contributed by atoms with Gasteiger partial charge in [-0.3, -0.25) is 0 Å². The van der Waals surface area contributed by atoms with E-state index in [1.54, 1.807) is 23.6 Å². The Morgan fingerprint density at radius 1 is 1.44 bits per heavy atom. The van der Waals surface area contributed by atoms with E-state index < -0.39 is 0 Å². The molecule has 0 aliphatic carbocycles. The van der Waals surface area contributed by atoms with Crippen molar-refractivity contribution in [2.45, 2.75) is 19.9 Å². The van der Waals surface area contributed by atoms with E-state index in [1.807, 2.05) is 12.3 Å². The van der Waals surface area contributed by atoms with Crippen LogP contribution in [-0.4, -0.2) is 15.0 Å². The van der Waals surface area contributed by atoms with Crippen LogP contribution in [0.3, 0.4) is 0 Å². The molecular weight excluding hydrogens is 244 g/mol. The summed E-state index contributed by atoms with van der Waals surface area (Å²) >= 11 is 7.49. The van der Waals surface area contributed by atoms with Gasteiger partial charge in [0.25, 0.3) is 0 Å². The zero-order valence-electron chi connectivity index (χ0n) is 8.77. The van der Waals surface area contributed by atoms with Crippen molar-refractivity contribution in [2.75, 3.05) is 5.32 Å². The predicted octanol–water partition coefficient (Wildman–Crippen LogP) is 2.76. The molecule has 0 aromatic carbocycles. The normalized spacial score (nSPS) is 10.4. The molecule has 2 heterocycles. The highest BCUT2D eigenvalue weighted by Crippen LogP contribution is 2.13. The third kappa shape index (κ3) is 2.90. The summed E-state index contributed by atoms with van der Waals surface area (Å²) in [7, 11) is 0. The maximum atomic E-state index is 5.89. The zero-order chi connectivity index (χ0) is 11.4. The topological polar surface area (TPSA) is 50.7 Å². The zero-order valence-corrected chi connectivity index (χ0v) is 10.3. The van der Waals surface area contributed by atoms with Crippen LogP contribution in [-0.2, 0) is 13.0 Å². The lowest BCUT2D eigenvalue weighted by atomic mass is 10.4. The number of hydrogen-bond acceptors (Lipinski definition) is 5. The molecule has 0 fully saturated rings. The molecule has 6 heteroatoms. The molecule has 1 N–H and O–H groups in total. The Bertz CT molecular complexity index is 458. The van der Waals surface area contributed by atoms with E-state index in [9.17, 15) is 0 Å². The highest BCUT2D eigenvalue weighted by atomic mass is 35.5. The van der Waals surface area contributed by atoms with E-state index in [-0.39, 0.29) is 0 Å². The Morgan fingerprint density at radius 2 is 2.31 bits per heavy atom. The first-order valence-electron chi connectivity index (χ1n) is 4.93. The monoisotopic (exact) mass is 254 g/mol. The molecule has 2 aromatic heterocycles. The van der Waals surface area contributed by atoms with Gasteiger partial charge in [0.05, 0.1) is 6.54 Å². The van der Waals surface area contributed by atoms with E-state index in [4.69, 9.17) is 11.6 Å². The number of nitrogens with one attached hydrogen (secondary N) is 1. The first-order valence-corrected chi connectivity index (χ1v) is 6.19. The quantitative estimate of drug-likeness (QED) is 0.853. The lowest BCUT2D eigenvalue weighted by Crippen LogP contribution is -2.04. The molecule has 0 bridgehead atoms. The van der Waals surface area contributed by atoms with Crippen LogP contribution in [0.2, 0.25) is 5.15 Å². The number of aromatic nitrogens is 3. The second-order valence-electron chi connectivity index (χ2n) is 3.13. The third-order valence-electron chi connectivity index (χ3n) is 1.96. The van der Waals surface area contributed by atoms with Gasteiger partial charge >= 0.3 is 0 Å². The summed E-state index contributed by atoms with van der Waals surface area (Å²) in [4.78, 5) is 12.6. The van der Waals surface area contributed by atoms with Crippen molar-refractivity contribution in [2.24, 2.45) is 0 Å². The third-order valence-corrected chi connectivity index (χ3v) is 2.93. The first kappa shape index (κ1) is 11.3. The lowest BCUT2D eigenvalue weighted by Gasteiger charge is -2.05. The number of halogens is 1. The molecule has 0 amide bonds. The van der Waals surface area contributed by atoms with Crippen LogP contribution >= 0.6 is 22.9 Å². The van der Waals surface area contributed by atoms with Crippen molar-refractivity contribution in [3.8, 4) is 0 Å². The van der Waals surface area contributed by atoms with Gasteiger partial charge in [-0.25, -0.2) is 15.0 Å². The summed E-state index contributed by atoms with van der Waals surface area (Å²) < 4.78 is 0. The van der Waals surface area contributed by atoms with Gasteiger partial charge in [0, 0.05) is 24.1 Å². The highest BCUT2D eigenvalue weighted by Gasteiger charge is 2.02. The molecule has 4 nitrogen and oxygen atoms in total. The van der Waals surface area contributed by atoms with Crippen LogP contribution in [0.15, 0.2) is 17.6 Å². The summed E-state index contributed by atoms with van der Waals surface area (Å²) in [6, 6.07) is 1.72. The van der Waals surface area contributed by atoms with Crippen LogP contribution in [0.1, 0.15) is 17.8 Å². The van der Waals surface area contributed by atoms with Gasteiger partial charge in [-0.15, -0.1) is 11.3 Å². The van der Waals surface area contributed by atoms with Crippen molar-refractivity contribution in [3.05, 3.63) is 33.6 Å². The van der Waals surface area contributed by atoms with Crippen LogP contribution < -0.4 is 5.32 Å². The van der Waals surface area contributed by atoms with Crippen molar-refractivity contribution in [1.29, 1.82) is 0 Å². The fraction of sp³-hybridized carbons (Fsp3) is 0.300. The minimum atomic E-state index is 0.466. The smallest absolute Gasteiger partial charge is 0.134 e. The van der Waals surface area contributed by atoms with E-state index in [0.717, 1.165) is 23.1 Å². The Labute approximate surface area is 103 Å². The van der Waals surface area contributed by atoms with Crippen molar-refractivity contribution in [3.63, 3.8) is 0 Å². The molecule has 2 aromatic rings. The number of rotatable bonds is 4. The average molecular weight is 255 g/mol. The average Bonchev–Trinajstić information content (AvgIpc) is 2.78. The molecule has 0 radical (unpaired) electrons. The summed E-state index contributed by atoms with van der Waals surface area (Å²) in [5.41, 5.74) is 0. The fourth-order valence-corrected chi connectivity index (χ4v) is 1.98. The molecule has 0 saturated heterocycles. The van der Waals surface area contributed by atoms with E-state index >= 15 is 0 Å². The fourth-order valence-electron chi connectivity index (χ4n) is 1.22. The molecule has 0 atom stereocenters. The molecule has 84 valence electrons. The van der Waals surface area contributed by atoms with Gasteiger partial charge in [0.15, 0.2) is 0 Å². The van der Waals surface area contributed by atoms with E-state index in [0.29, 0.717) is 11.7 Å². The minimum absolute atomic E-state index is 0.466. The lowest BCUT2D eigenvalue weighted by molar-refractivity contribution is 0.931. The van der Waals surface area contributed by atoms with Gasteiger partial charge in [-0.05, 0) is 0 Å². The molecule has 0 aliphatic rings. The van der Waals surface area contributed by atoms with E-state index in [1.165, 1.54) is 0 Å². The first-order chi connectivity index (χ1) is 7.78. The van der Waals surface area contributed by atoms with E-state index in [2.05, 4.69) is 20.3 Å². The van der Waals surface area contributed by atoms with Gasteiger partial charge in [0.2, 0.25) is 0 Å². The van der Waals surface area contributed by atoms with Crippen LogP contribution in [0.4, 0.5) is 5.82 Å². The number of hydrogen-bond donors (Lipinski definition) is 1. The molecule has 2 rings (SSSR count). The molecule has 16 heavy (non-hydrogen) atoms. The maximum Gasteiger partial charge on any atom is 0.134 e. The molecule has 0 unspecified atom stereocenters. The standard InChI is InChI=1S/C10H11ClN4S/c1-2-8-14-7(11)5-9(15-8)13-6-10-12-3-4-16-10/h3-5H,2,6H2,1H3,(H,13,14,15). The largest absolute Gasteiger partial charge is 0.363 e. The number of anilines is 1. The predicted molar refractivity (Wildman–Crippen MR) is 65.9 cm³/mol. The SMILES string of the molecule is CCc1nc(Cl)cc(NCc2nccs2)n1. The Kier molecular flexibility index (Phi) is 3.69. The number of aryl methyl sites for hydroxylation is 1. The number of nitrogens with zero attached hydrogens (tertiary/aromatic N) is 3. The second-order valence-corrected chi connectivity index (χ2v) is 4.49. The maximum absolute atomic E-state index is 5.89. The molecule has 0 spiro atoms. The minimum Gasteiger partial charge on any atom is -0.363 e. The number of thiazole rings is 1. The van der Waals surface area contributed by atoms with Gasteiger partial charge in [0.1, 0.15) is 21.8 Å². The Morgan fingerprint density at radius 3 is 3.00 bits per heavy atom. The van der Waals surface area contributed by atoms with Gasteiger partial charge < -0.3 is 5.32 Å².